The maximum atomic E-state index is 5.28. The summed E-state index contributed by atoms with van der Waals surface area (Å²) in [5, 5.41) is 3.35. The Balaban J connectivity index is 2.17. The highest BCUT2D eigenvalue weighted by Crippen LogP contribution is 2.41. The van der Waals surface area contributed by atoms with Gasteiger partial charge in [0.2, 0.25) is 0 Å². The molecule has 0 aromatic heterocycles. The Morgan fingerprint density at radius 1 is 1.05 bits per heavy atom. The predicted octanol–water partition coefficient (Wildman–Crippen LogP) is 4.84. The summed E-state index contributed by atoms with van der Waals surface area (Å²) in [6, 6.07) is 18.4. The second-order valence-electron chi connectivity index (χ2n) is 4.87. The van der Waals surface area contributed by atoms with Crippen molar-refractivity contribution in [1.29, 1.82) is 0 Å². The van der Waals surface area contributed by atoms with Crippen molar-refractivity contribution >= 4 is 17.1 Å². The first kappa shape index (κ1) is 13.8. The van der Waals surface area contributed by atoms with Crippen LogP contribution < -0.4 is 10.2 Å². The molecule has 0 saturated carbocycles. The second kappa shape index (κ2) is 6.07. The van der Waals surface area contributed by atoms with Gasteiger partial charge in [0, 0.05) is 5.69 Å². The summed E-state index contributed by atoms with van der Waals surface area (Å²) in [4.78, 5) is 2.18. The van der Waals surface area contributed by atoms with E-state index in [2.05, 4.69) is 40.9 Å². The number of terminal acetylenes is 1. The third kappa shape index (κ3) is 2.53. The van der Waals surface area contributed by atoms with E-state index in [-0.39, 0.29) is 0 Å². The van der Waals surface area contributed by atoms with E-state index in [0.717, 1.165) is 28.5 Å². The van der Waals surface area contributed by atoms with Crippen molar-refractivity contribution in [3.8, 4) is 12.3 Å². The molecule has 0 amide bonds. The van der Waals surface area contributed by atoms with Gasteiger partial charge < -0.3 is 10.2 Å². The number of anilines is 3. The molecule has 2 aromatic carbocycles. The van der Waals surface area contributed by atoms with E-state index in [4.69, 9.17) is 6.42 Å². The molecule has 106 valence electrons. The van der Waals surface area contributed by atoms with E-state index in [1.165, 1.54) is 0 Å². The molecule has 1 N–H and O–H groups in total. The zero-order valence-corrected chi connectivity index (χ0v) is 12.2. The minimum atomic E-state index is 0.837. The molecule has 2 nitrogen and oxygen atoms in total. The van der Waals surface area contributed by atoms with Gasteiger partial charge in [-0.05, 0) is 36.4 Å². The lowest BCUT2D eigenvalue weighted by Gasteiger charge is -2.35. The Morgan fingerprint density at radius 3 is 2.55 bits per heavy atom. The van der Waals surface area contributed by atoms with Crippen molar-refractivity contribution in [3.63, 3.8) is 0 Å². The van der Waals surface area contributed by atoms with Gasteiger partial charge in [-0.25, -0.2) is 0 Å². The summed E-state index contributed by atoms with van der Waals surface area (Å²) in [7, 11) is 0. The molecule has 1 heterocycles. The molecule has 0 bridgehead atoms. The quantitative estimate of drug-likeness (QED) is 0.794. The lowest BCUT2D eigenvalue weighted by molar-refractivity contribution is 1.13. The van der Waals surface area contributed by atoms with Crippen molar-refractivity contribution in [3.05, 3.63) is 90.8 Å². The van der Waals surface area contributed by atoms with Gasteiger partial charge in [-0.3, -0.25) is 0 Å². The first-order valence-electron chi connectivity index (χ1n) is 7.05. The molecule has 0 atom stereocenters. The minimum absolute atomic E-state index is 0.837. The molecule has 0 aliphatic carbocycles. The summed E-state index contributed by atoms with van der Waals surface area (Å²) in [6.07, 6.45) is 10.8. The van der Waals surface area contributed by atoms with Crippen LogP contribution in [0, 0.1) is 12.3 Å². The van der Waals surface area contributed by atoms with Crippen molar-refractivity contribution in [2.75, 3.05) is 10.2 Å². The van der Waals surface area contributed by atoms with Crippen LogP contribution in [0.15, 0.2) is 90.8 Å². The third-order valence-corrected chi connectivity index (χ3v) is 3.44. The van der Waals surface area contributed by atoms with Crippen LogP contribution in [0.4, 0.5) is 17.1 Å². The first-order chi connectivity index (χ1) is 10.8. The van der Waals surface area contributed by atoms with Crippen LogP contribution >= 0.6 is 0 Å². The van der Waals surface area contributed by atoms with Crippen LogP contribution in [-0.4, -0.2) is 0 Å². The molecule has 3 rings (SSSR count). The van der Waals surface area contributed by atoms with Gasteiger partial charge in [-0.2, -0.15) is 0 Å². The molecule has 2 heteroatoms. The number of hydrogen-bond donors (Lipinski definition) is 1. The molecule has 1 aliphatic rings. The highest BCUT2D eigenvalue weighted by atomic mass is 15.2. The molecule has 0 spiro atoms. The number of benzene rings is 2. The SMILES string of the molecule is C#C/C=C\C=C1/C(=C)Nc2ccccc2N1c1ccccc1. The largest absolute Gasteiger partial charge is 0.353 e. The summed E-state index contributed by atoms with van der Waals surface area (Å²) in [5.41, 5.74) is 5.01. The zero-order valence-electron chi connectivity index (χ0n) is 12.2. The molecule has 0 saturated heterocycles. The Labute approximate surface area is 131 Å². The smallest absolute Gasteiger partial charge is 0.0697 e. The maximum absolute atomic E-state index is 5.28. The van der Waals surface area contributed by atoms with E-state index in [1.807, 2.05) is 48.6 Å². The average molecular weight is 284 g/mol. The predicted molar refractivity (Wildman–Crippen MR) is 93.8 cm³/mol. The van der Waals surface area contributed by atoms with Crippen molar-refractivity contribution < 1.29 is 0 Å². The summed E-state index contributed by atoms with van der Waals surface area (Å²) < 4.78 is 0. The normalized spacial score (nSPS) is 15.5. The van der Waals surface area contributed by atoms with Crippen molar-refractivity contribution in [1.82, 2.24) is 0 Å². The highest BCUT2D eigenvalue weighted by molar-refractivity contribution is 5.86. The number of hydrogen-bond acceptors (Lipinski definition) is 2. The number of nitrogens with zero attached hydrogens (tertiary/aromatic N) is 1. The lowest BCUT2D eigenvalue weighted by atomic mass is 10.1. The molecule has 22 heavy (non-hydrogen) atoms. The summed E-state index contributed by atoms with van der Waals surface area (Å²) >= 11 is 0. The van der Waals surface area contributed by atoms with Gasteiger partial charge in [-0.15, -0.1) is 6.42 Å². The molecule has 1 aliphatic heterocycles. The Bertz CT molecular complexity index is 792. The van der Waals surface area contributed by atoms with Crippen LogP contribution in [0.1, 0.15) is 0 Å². The fraction of sp³-hybridized carbons (Fsp3) is 0. The van der Waals surface area contributed by atoms with Crippen LogP contribution in [0.5, 0.6) is 0 Å². The van der Waals surface area contributed by atoms with Crippen LogP contribution in [-0.2, 0) is 0 Å². The van der Waals surface area contributed by atoms with Gasteiger partial charge in [0.05, 0.1) is 22.8 Å². The average Bonchev–Trinajstić information content (AvgIpc) is 2.56. The van der Waals surface area contributed by atoms with E-state index in [9.17, 15) is 0 Å². The van der Waals surface area contributed by atoms with Gasteiger partial charge in [0.25, 0.3) is 0 Å². The van der Waals surface area contributed by atoms with Crippen LogP contribution in [0.3, 0.4) is 0 Å². The topological polar surface area (TPSA) is 15.3 Å². The second-order valence-corrected chi connectivity index (χ2v) is 4.87. The van der Waals surface area contributed by atoms with Crippen molar-refractivity contribution in [2.45, 2.75) is 0 Å². The summed E-state index contributed by atoms with van der Waals surface area (Å²) in [5.74, 6) is 2.50. The maximum Gasteiger partial charge on any atom is 0.0697 e. The molecule has 0 fully saturated rings. The minimum Gasteiger partial charge on any atom is -0.353 e. The number of rotatable bonds is 2. The van der Waals surface area contributed by atoms with Gasteiger partial charge in [0.1, 0.15) is 0 Å². The van der Waals surface area contributed by atoms with Crippen LogP contribution in [0.25, 0.3) is 0 Å². The van der Waals surface area contributed by atoms with Crippen LogP contribution in [0.2, 0.25) is 0 Å². The summed E-state index contributed by atoms with van der Waals surface area (Å²) in [6.45, 7) is 4.14. The fourth-order valence-corrected chi connectivity index (χ4v) is 2.49. The van der Waals surface area contributed by atoms with Gasteiger partial charge in [-0.1, -0.05) is 48.9 Å². The Kier molecular flexibility index (Phi) is 3.80. The van der Waals surface area contributed by atoms with E-state index < -0.39 is 0 Å². The number of fused-ring (bicyclic) bond motifs is 1. The van der Waals surface area contributed by atoms with Crippen molar-refractivity contribution in [2.24, 2.45) is 0 Å². The number of para-hydroxylation sites is 3. The highest BCUT2D eigenvalue weighted by Gasteiger charge is 2.24. The molecule has 2 aromatic rings. The first-order valence-corrected chi connectivity index (χ1v) is 7.05. The Morgan fingerprint density at radius 2 is 1.77 bits per heavy atom. The van der Waals surface area contributed by atoms with E-state index in [0.29, 0.717) is 0 Å². The van der Waals surface area contributed by atoms with Gasteiger partial charge >= 0.3 is 0 Å². The molecule has 0 radical (unpaired) electrons. The molecular formula is C20H16N2. The number of nitrogens with one attached hydrogen (secondary N) is 1. The molecular weight excluding hydrogens is 268 g/mol. The van der Waals surface area contributed by atoms with E-state index >= 15 is 0 Å². The molecule has 0 unspecified atom stereocenters. The zero-order chi connectivity index (χ0) is 15.4. The van der Waals surface area contributed by atoms with E-state index in [1.54, 1.807) is 6.08 Å². The Hall–Kier alpha value is -3.18. The fourth-order valence-electron chi connectivity index (χ4n) is 2.49. The lowest BCUT2D eigenvalue weighted by Crippen LogP contribution is -2.26. The van der Waals surface area contributed by atoms with Gasteiger partial charge in [0.15, 0.2) is 0 Å². The number of allylic oxidation sites excluding steroid dienone is 3. The monoisotopic (exact) mass is 284 g/mol. The standard InChI is InChI=1S/C20H16N2/c1-3-4-6-14-19-16(2)21-18-13-9-10-15-20(18)22(19)17-11-7-5-8-12-17/h1,4-15,21H,2H2/b6-4-,19-14+. The third-order valence-electron chi connectivity index (χ3n) is 3.44.